The van der Waals surface area contributed by atoms with Crippen molar-refractivity contribution in [1.82, 2.24) is 19.9 Å². The van der Waals surface area contributed by atoms with E-state index in [1.54, 1.807) is 11.6 Å². The summed E-state index contributed by atoms with van der Waals surface area (Å²) in [4.78, 5) is 16.8. The summed E-state index contributed by atoms with van der Waals surface area (Å²) in [5, 5.41) is 10.2. The van der Waals surface area contributed by atoms with Gasteiger partial charge in [0.15, 0.2) is 11.5 Å². The Morgan fingerprint density at radius 1 is 1.28 bits per heavy atom. The number of methoxy groups -OCH3 is 1. The fourth-order valence-electron chi connectivity index (χ4n) is 2.63. The molecule has 1 aliphatic carbocycles. The Hall–Kier alpha value is -3.09. The van der Waals surface area contributed by atoms with E-state index in [-0.39, 0.29) is 6.03 Å². The van der Waals surface area contributed by atoms with Crippen LogP contribution in [0.25, 0.3) is 5.65 Å². The Kier molecular flexibility index (Phi) is 3.97. The molecule has 7 heteroatoms. The highest BCUT2D eigenvalue weighted by atomic mass is 16.5. The van der Waals surface area contributed by atoms with E-state index in [9.17, 15) is 4.79 Å². The molecule has 128 valence electrons. The number of carbonyl (C=O) groups is 1. The molecule has 0 spiro atoms. The van der Waals surface area contributed by atoms with Crippen molar-refractivity contribution in [2.75, 3.05) is 12.4 Å². The molecule has 2 N–H and O–H groups in total. The second kappa shape index (κ2) is 6.43. The maximum absolute atomic E-state index is 12.2. The zero-order valence-electron chi connectivity index (χ0n) is 13.9. The minimum absolute atomic E-state index is 0.278. The Morgan fingerprint density at radius 2 is 2.08 bits per heavy atom. The normalized spacial score (nSPS) is 13.6. The highest BCUT2D eigenvalue weighted by Gasteiger charge is 2.28. The highest BCUT2D eigenvalue weighted by molar-refractivity contribution is 5.92. The van der Waals surface area contributed by atoms with Crippen molar-refractivity contribution in [1.29, 1.82) is 0 Å². The molecule has 0 saturated heterocycles. The molecule has 2 heterocycles. The van der Waals surface area contributed by atoms with Crippen molar-refractivity contribution in [2.45, 2.75) is 25.3 Å². The zero-order valence-corrected chi connectivity index (χ0v) is 13.9. The molecule has 3 aromatic rings. The monoisotopic (exact) mass is 337 g/mol. The summed E-state index contributed by atoms with van der Waals surface area (Å²) in [6, 6.07) is 11.0. The number of ether oxygens (including phenoxy) is 1. The summed E-state index contributed by atoms with van der Waals surface area (Å²) in [5.74, 6) is 2.11. The van der Waals surface area contributed by atoms with Gasteiger partial charge in [-0.1, -0.05) is 12.1 Å². The third kappa shape index (κ3) is 3.40. The van der Waals surface area contributed by atoms with Crippen molar-refractivity contribution in [3.05, 3.63) is 54.0 Å². The fraction of sp³-hybridized carbons (Fsp3) is 0.278. The van der Waals surface area contributed by atoms with Gasteiger partial charge < -0.3 is 15.4 Å². The van der Waals surface area contributed by atoms with E-state index in [2.05, 4.69) is 20.7 Å². The van der Waals surface area contributed by atoms with Gasteiger partial charge in [0.25, 0.3) is 0 Å². The van der Waals surface area contributed by atoms with E-state index in [0.29, 0.717) is 23.8 Å². The predicted octanol–water partition coefficient (Wildman–Crippen LogP) is 2.94. The number of pyridine rings is 1. The molecule has 1 saturated carbocycles. The van der Waals surface area contributed by atoms with E-state index in [4.69, 9.17) is 4.74 Å². The topological polar surface area (TPSA) is 80.5 Å². The van der Waals surface area contributed by atoms with Gasteiger partial charge in [-0.3, -0.25) is 0 Å². The van der Waals surface area contributed by atoms with Gasteiger partial charge in [0.05, 0.1) is 12.8 Å². The standard InChI is InChI=1S/C18H19N5O2/c1-25-14-8-4-12(5-9-14)11-19-18(24)20-15-3-2-10-23-17(15)21-16(22-23)13-6-7-13/h2-5,8-10,13H,6-7,11H2,1H3,(H2,19,20,24). The number of hydrogen-bond acceptors (Lipinski definition) is 4. The number of carbonyl (C=O) groups excluding carboxylic acids is 1. The number of aromatic nitrogens is 3. The van der Waals surface area contributed by atoms with Crippen molar-refractivity contribution < 1.29 is 9.53 Å². The number of benzene rings is 1. The van der Waals surface area contributed by atoms with Crippen molar-refractivity contribution in [3.63, 3.8) is 0 Å². The van der Waals surface area contributed by atoms with Crippen LogP contribution in [0.1, 0.15) is 30.1 Å². The number of nitrogens with zero attached hydrogens (tertiary/aromatic N) is 3. The van der Waals surface area contributed by atoms with Gasteiger partial charge in [-0.25, -0.2) is 14.3 Å². The first-order valence-corrected chi connectivity index (χ1v) is 8.26. The van der Waals surface area contributed by atoms with Gasteiger partial charge in [-0.2, -0.15) is 5.10 Å². The van der Waals surface area contributed by atoms with Gasteiger partial charge in [0, 0.05) is 18.7 Å². The second-order valence-corrected chi connectivity index (χ2v) is 6.09. The quantitative estimate of drug-likeness (QED) is 0.750. The van der Waals surface area contributed by atoms with Crippen LogP contribution in [0.2, 0.25) is 0 Å². The summed E-state index contributed by atoms with van der Waals surface area (Å²) in [6.07, 6.45) is 4.12. The third-order valence-electron chi connectivity index (χ3n) is 4.18. The lowest BCUT2D eigenvalue weighted by Gasteiger charge is -2.08. The lowest BCUT2D eigenvalue weighted by molar-refractivity contribution is 0.252. The SMILES string of the molecule is COc1ccc(CNC(=O)Nc2cccn3nc(C4CC4)nc23)cc1. The average Bonchev–Trinajstić information content (AvgIpc) is 3.39. The Labute approximate surface area is 145 Å². The largest absolute Gasteiger partial charge is 0.497 e. The van der Waals surface area contributed by atoms with E-state index in [1.165, 1.54) is 0 Å². The van der Waals surface area contributed by atoms with Crippen LogP contribution in [0.5, 0.6) is 5.75 Å². The summed E-state index contributed by atoms with van der Waals surface area (Å²) in [7, 11) is 1.63. The molecule has 0 aliphatic heterocycles. The number of fused-ring (bicyclic) bond motifs is 1. The minimum atomic E-state index is -0.278. The van der Waals surface area contributed by atoms with Gasteiger partial charge in [0.2, 0.25) is 0 Å². The molecule has 1 fully saturated rings. The maximum Gasteiger partial charge on any atom is 0.319 e. The molecule has 1 aromatic carbocycles. The van der Waals surface area contributed by atoms with E-state index >= 15 is 0 Å². The summed E-state index contributed by atoms with van der Waals surface area (Å²) >= 11 is 0. The van der Waals surface area contributed by atoms with Gasteiger partial charge in [0.1, 0.15) is 5.75 Å². The molecular formula is C18H19N5O2. The van der Waals surface area contributed by atoms with Gasteiger partial charge in [-0.05, 0) is 42.7 Å². The first-order valence-electron chi connectivity index (χ1n) is 8.26. The van der Waals surface area contributed by atoms with E-state index in [0.717, 1.165) is 30.0 Å². The van der Waals surface area contributed by atoms with Crippen LogP contribution in [0.15, 0.2) is 42.6 Å². The maximum atomic E-state index is 12.2. The molecule has 0 bridgehead atoms. The van der Waals surface area contributed by atoms with Crippen LogP contribution in [0, 0.1) is 0 Å². The molecule has 0 radical (unpaired) electrons. The third-order valence-corrected chi connectivity index (χ3v) is 4.18. The molecule has 4 rings (SSSR count). The molecule has 0 atom stereocenters. The number of urea groups is 1. The second-order valence-electron chi connectivity index (χ2n) is 6.09. The number of amides is 2. The number of rotatable bonds is 5. The predicted molar refractivity (Wildman–Crippen MR) is 93.8 cm³/mol. The Bertz CT molecular complexity index is 899. The van der Waals surface area contributed by atoms with E-state index in [1.807, 2.05) is 42.6 Å². The molecule has 25 heavy (non-hydrogen) atoms. The first-order chi connectivity index (χ1) is 12.2. The van der Waals surface area contributed by atoms with Gasteiger partial charge >= 0.3 is 6.03 Å². The van der Waals surface area contributed by atoms with Crippen LogP contribution in [0.4, 0.5) is 10.5 Å². The summed E-state index contributed by atoms with van der Waals surface area (Å²) < 4.78 is 6.84. The number of nitrogens with one attached hydrogen (secondary N) is 2. The number of hydrogen-bond donors (Lipinski definition) is 2. The average molecular weight is 337 g/mol. The van der Waals surface area contributed by atoms with Crippen molar-refractivity contribution in [3.8, 4) is 5.75 Å². The fourth-order valence-corrected chi connectivity index (χ4v) is 2.63. The van der Waals surface area contributed by atoms with Crippen molar-refractivity contribution in [2.24, 2.45) is 0 Å². The Balaban J connectivity index is 1.42. The molecule has 2 amide bonds. The zero-order chi connectivity index (χ0) is 17.2. The minimum Gasteiger partial charge on any atom is -0.497 e. The number of anilines is 1. The molecule has 7 nitrogen and oxygen atoms in total. The molecule has 2 aromatic heterocycles. The summed E-state index contributed by atoms with van der Waals surface area (Å²) in [5.41, 5.74) is 2.31. The van der Waals surface area contributed by atoms with Crippen LogP contribution in [-0.2, 0) is 6.54 Å². The first kappa shape index (κ1) is 15.4. The lowest BCUT2D eigenvalue weighted by Crippen LogP contribution is -2.28. The Morgan fingerprint density at radius 3 is 2.80 bits per heavy atom. The van der Waals surface area contributed by atoms with Crippen LogP contribution >= 0.6 is 0 Å². The van der Waals surface area contributed by atoms with Crippen LogP contribution in [0.3, 0.4) is 0 Å². The molecular weight excluding hydrogens is 318 g/mol. The van der Waals surface area contributed by atoms with Crippen molar-refractivity contribution >= 4 is 17.4 Å². The van der Waals surface area contributed by atoms with Crippen LogP contribution < -0.4 is 15.4 Å². The molecule has 1 aliphatic rings. The molecule has 0 unspecified atom stereocenters. The van der Waals surface area contributed by atoms with Crippen LogP contribution in [-0.4, -0.2) is 27.7 Å². The summed E-state index contributed by atoms with van der Waals surface area (Å²) in [6.45, 7) is 0.430. The lowest BCUT2D eigenvalue weighted by atomic mass is 10.2. The van der Waals surface area contributed by atoms with E-state index < -0.39 is 0 Å². The smallest absolute Gasteiger partial charge is 0.319 e. The highest BCUT2D eigenvalue weighted by Crippen LogP contribution is 2.38. The van der Waals surface area contributed by atoms with Gasteiger partial charge in [-0.15, -0.1) is 0 Å².